The molecule has 2 aliphatic heterocycles. The van der Waals surface area contributed by atoms with Crippen molar-refractivity contribution in [1.82, 2.24) is 29.6 Å². The fraction of sp³-hybridized carbons (Fsp3) is 0.448. The van der Waals surface area contributed by atoms with Crippen molar-refractivity contribution in [1.29, 1.82) is 0 Å². The molecule has 2 aromatic heterocycles. The second kappa shape index (κ2) is 12.0. The Morgan fingerprint density at radius 3 is 2.44 bits per heavy atom. The fourth-order valence-corrected chi connectivity index (χ4v) is 8.23. The number of hydrazine groups is 1. The predicted octanol–water partition coefficient (Wildman–Crippen LogP) is 3.74. The second-order valence-corrected chi connectivity index (χ2v) is 13.9. The summed E-state index contributed by atoms with van der Waals surface area (Å²) in [5.74, 6) is 0.583. The molecule has 41 heavy (non-hydrogen) atoms. The van der Waals surface area contributed by atoms with Gasteiger partial charge in [0, 0.05) is 44.1 Å². The minimum atomic E-state index is -3.57. The average Bonchev–Trinajstić information content (AvgIpc) is 3.66. The summed E-state index contributed by atoms with van der Waals surface area (Å²) in [6, 6.07) is 10.9. The second-order valence-electron chi connectivity index (χ2n) is 11.0. The summed E-state index contributed by atoms with van der Waals surface area (Å²) in [7, 11) is -1.56. The molecule has 10 nitrogen and oxygen atoms in total. The molecule has 1 atom stereocenters. The first-order chi connectivity index (χ1) is 19.9. The van der Waals surface area contributed by atoms with E-state index in [0.717, 1.165) is 59.9 Å². The minimum absolute atomic E-state index is 0.0828. The number of amides is 1. The monoisotopic (exact) mass is 593 g/mol. The molecule has 1 amide bonds. The summed E-state index contributed by atoms with van der Waals surface area (Å²) in [6.45, 7) is 2.41. The first-order valence-corrected chi connectivity index (χ1v) is 16.6. The lowest BCUT2D eigenvalue weighted by Gasteiger charge is -2.31. The zero-order valence-corrected chi connectivity index (χ0v) is 24.8. The van der Waals surface area contributed by atoms with Crippen LogP contribution in [0, 0.1) is 5.92 Å². The van der Waals surface area contributed by atoms with E-state index in [1.54, 1.807) is 40.6 Å². The number of hydrogen-bond donors (Lipinski definition) is 1. The Kier molecular flexibility index (Phi) is 8.25. The van der Waals surface area contributed by atoms with Crippen LogP contribution in [0.4, 0.5) is 5.69 Å². The Hall–Kier alpha value is -3.06. The Bertz CT molecular complexity index is 1470. The van der Waals surface area contributed by atoms with Gasteiger partial charge in [0.1, 0.15) is 11.4 Å². The van der Waals surface area contributed by atoms with Gasteiger partial charge >= 0.3 is 0 Å². The standard InChI is InChI=1S/C29H35N7O3S2/c1-34-12-14-35(15-13-34)41(38,39)24-8-6-22(7-9-24)25(16-21-4-2-3-5-21)28(37)33-36-20-40-29-27(36)11-10-26(32-29)23-17-30-19-31-18-23/h6-11,17-19,21,25H,2-5,12-16,20H2,1H3,(H,33,37)/t25-/m1/s1. The molecule has 1 aliphatic carbocycles. The van der Waals surface area contributed by atoms with E-state index in [0.29, 0.717) is 24.9 Å². The van der Waals surface area contributed by atoms with E-state index >= 15 is 0 Å². The van der Waals surface area contributed by atoms with Crippen LogP contribution in [0.2, 0.25) is 0 Å². The van der Waals surface area contributed by atoms with Crippen molar-refractivity contribution in [2.75, 3.05) is 44.1 Å². The number of carbonyl (C=O) groups is 1. The zero-order valence-electron chi connectivity index (χ0n) is 23.1. The van der Waals surface area contributed by atoms with E-state index in [9.17, 15) is 13.2 Å². The van der Waals surface area contributed by atoms with Crippen LogP contribution in [-0.4, -0.2) is 77.6 Å². The van der Waals surface area contributed by atoms with Gasteiger partial charge in [0.2, 0.25) is 15.9 Å². The van der Waals surface area contributed by atoms with Crippen LogP contribution in [0.15, 0.2) is 65.0 Å². The van der Waals surface area contributed by atoms with E-state index in [-0.39, 0.29) is 16.7 Å². The number of aromatic nitrogens is 3. The fourth-order valence-electron chi connectivity index (χ4n) is 5.86. The molecule has 2 fully saturated rings. The van der Waals surface area contributed by atoms with Crippen molar-refractivity contribution < 1.29 is 13.2 Å². The van der Waals surface area contributed by atoms with Crippen LogP contribution in [0.25, 0.3) is 11.3 Å². The van der Waals surface area contributed by atoms with Crippen molar-refractivity contribution in [2.24, 2.45) is 5.92 Å². The molecule has 216 valence electrons. The molecule has 3 aromatic rings. The summed E-state index contributed by atoms with van der Waals surface area (Å²) >= 11 is 1.57. The minimum Gasteiger partial charge on any atom is -0.304 e. The summed E-state index contributed by atoms with van der Waals surface area (Å²) in [4.78, 5) is 29.2. The lowest BCUT2D eigenvalue weighted by Crippen LogP contribution is -2.47. The molecule has 0 spiro atoms. The molecule has 1 aromatic carbocycles. The van der Waals surface area contributed by atoms with E-state index < -0.39 is 10.0 Å². The van der Waals surface area contributed by atoms with Crippen molar-refractivity contribution in [3.63, 3.8) is 0 Å². The number of anilines is 1. The van der Waals surface area contributed by atoms with E-state index in [4.69, 9.17) is 4.98 Å². The highest BCUT2D eigenvalue weighted by atomic mass is 32.2. The number of piperazine rings is 1. The number of nitrogens with one attached hydrogen (secondary N) is 1. The van der Waals surface area contributed by atoms with Gasteiger partial charge in [0.05, 0.1) is 28.1 Å². The molecule has 6 rings (SSSR count). The maximum atomic E-state index is 13.8. The lowest BCUT2D eigenvalue weighted by molar-refractivity contribution is -0.123. The van der Waals surface area contributed by atoms with Gasteiger partial charge in [-0.05, 0) is 49.2 Å². The molecule has 12 heteroatoms. The third-order valence-corrected chi connectivity index (χ3v) is 11.2. The predicted molar refractivity (Wildman–Crippen MR) is 159 cm³/mol. The SMILES string of the molecule is CN1CCN(S(=O)(=O)c2ccc([C@@H](CC3CCCC3)C(=O)NN3CSc4nc(-c5cncnc5)ccc43)cc2)CC1. The number of carbonyl (C=O) groups excluding carboxylic acids is 1. The summed E-state index contributed by atoms with van der Waals surface area (Å²) in [6.07, 6.45) is 10.3. The number of rotatable bonds is 8. The van der Waals surface area contributed by atoms with E-state index in [2.05, 4.69) is 20.3 Å². The molecule has 0 unspecified atom stereocenters. The smallest absolute Gasteiger partial charge is 0.246 e. The maximum absolute atomic E-state index is 13.8. The van der Waals surface area contributed by atoms with E-state index in [1.165, 1.54) is 19.2 Å². The number of sulfonamides is 1. The highest BCUT2D eigenvalue weighted by molar-refractivity contribution is 7.99. The molecule has 3 aliphatic rings. The molecule has 4 heterocycles. The van der Waals surface area contributed by atoms with Crippen LogP contribution in [0.3, 0.4) is 0 Å². The quantitative estimate of drug-likeness (QED) is 0.418. The van der Waals surface area contributed by atoms with Crippen molar-refractivity contribution >= 4 is 33.4 Å². The normalized spacial score (nSPS) is 19.3. The van der Waals surface area contributed by atoms with Gasteiger partial charge in [0.25, 0.3) is 0 Å². The molecular weight excluding hydrogens is 558 g/mol. The molecule has 0 bridgehead atoms. The van der Waals surface area contributed by atoms with Crippen molar-refractivity contribution in [3.8, 4) is 11.3 Å². The Morgan fingerprint density at radius 2 is 1.73 bits per heavy atom. The maximum Gasteiger partial charge on any atom is 0.246 e. The van der Waals surface area contributed by atoms with E-state index in [1.807, 2.05) is 36.3 Å². The number of fused-ring (bicyclic) bond motifs is 1. The van der Waals surface area contributed by atoms with Gasteiger partial charge in [-0.15, -0.1) is 0 Å². The molecule has 1 N–H and O–H groups in total. The first kappa shape index (κ1) is 28.1. The van der Waals surface area contributed by atoms with Crippen LogP contribution >= 0.6 is 11.8 Å². The molecule has 0 radical (unpaired) electrons. The summed E-state index contributed by atoms with van der Waals surface area (Å²) < 4.78 is 28.1. The average molecular weight is 594 g/mol. The topological polar surface area (TPSA) is 112 Å². The Balaban J connectivity index is 1.20. The van der Waals surface area contributed by atoms with Gasteiger partial charge in [-0.2, -0.15) is 4.31 Å². The first-order valence-electron chi connectivity index (χ1n) is 14.1. The van der Waals surface area contributed by atoms with Crippen LogP contribution in [0.1, 0.15) is 43.6 Å². The highest BCUT2D eigenvalue weighted by Gasteiger charge is 2.32. The van der Waals surface area contributed by atoms with Crippen LogP contribution in [-0.2, 0) is 14.8 Å². The number of thioether (sulfide) groups is 1. The molecule has 1 saturated carbocycles. The van der Waals surface area contributed by atoms with Gasteiger partial charge in [-0.1, -0.05) is 49.6 Å². The third-order valence-electron chi connectivity index (χ3n) is 8.31. The summed E-state index contributed by atoms with van der Waals surface area (Å²) in [5.41, 5.74) is 6.48. The van der Waals surface area contributed by atoms with Gasteiger partial charge in [0.15, 0.2) is 0 Å². The number of hydrogen-bond acceptors (Lipinski definition) is 9. The number of likely N-dealkylation sites (N-methyl/N-ethyl adjacent to an activating group) is 1. The number of nitrogens with zero attached hydrogens (tertiary/aromatic N) is 6. The Morgan fingerprint density at radius 1 is 1.02 bits per heavy atom. The number of benzene rings is 1. The zero-order chi connectivity index (χ0) is 28.4. The Labute approximate surface area is 245 Å². The molecule has 1 saturated heterocycles. The molecular formula is C29H35N7O3S2. The van der Waals surface area contributed by atoms with Crippen molar-refractivity contribution in [2.45, 2.75) is 47.9 Å². The van der Waals surface area contributed by atoms with Crippen LogP contribution < -0.4 is 10.4 Å². The van der Waals surface area contributed by atoms with Crippen LogP contribution in [0.5, 0.6) is 0 Å². The van der Waals surface area contributed by atoms with Gasteiger partial charge in [-0.25, -0.2) is 23.4 Å². The number of pyridine rings is 1. The summed E-state index contributed by atoms with van der Waals surface area (Å²) in [5, 5.41) is 2.70. The van der Waals surface area contributed by atoms with Gasteiger partial charge in [-0.3, -0.25) is 15.2 Å². The third kappa shape index (κ3) is 6.11. The lowest BCUT2D eigenvalue weighted by atomic mass is 9.87. The van der Waals surface area contributed by atoms with Gasteiger partial charge < -0.3 is 4.90 Å². The highest BCUT2D eigenvalue weighted by Crippen LogP contribution is 2.39. The largest absolute Gasteiger partial charge is 0.304 e. The van der Waals surface area contributed by atoms with Crippen molar-refractivity contribution in [3.05, 3.63) is 60.7 Å².